The average molecular weight is 297 g/mol. The van der Waals surface area contributed by atoms with Gasteiger partial charge in [-0.05, 0) is 36.4 Å². The zero-order chi connectivity index (χ0) is 14.8. The van der Waals surface area contributed by atoms with E-state index in [9.17, 15) is 9.59 Å². The summed E-state index contributed by atoms with van der Waals surface area (Å²) in [7, 11) is 0. The highest BCUT2D eigenvalue weighted by molar-refractivity contribution is 7.80. The fourth-order valence-corrected chi connectivity index (χ4v) is 2.14. The summed E-state index contributed by atoms with van der Waals surface area (Å²) in [6, 6.07) is 14.1. The molecule has 0 radical (unpaired) electrons. The number of hydrogen-bond donors (Lipinski definition) is 1. The Morgan fingerprint density at radius 1 is 0.857 bits per heavy atom. The second kappa shape index (κ2) is 5.46. The number of ether oxygens (including phenoxy) is 1. The van der Waals surface area contributed by atoms with E-state index >= 15 is 0 Å². The average Bonchev–Trinajstić information content (AvgIpc) is 2.81. The van der Waals surface area contributed by atoms with Crippen LogP contribution in [0.25, 0.3) is 0 Å². The zero-order valence-electron chi connectivity index (χ0n) is 10.9. The largest absolute Gasteiger partial charge is 0.457 e. The first-order valence-electron chi connectivity index (χ1n) is 6.26. The van der Waals surface area contributed by atoms with Gasteiger partial charge in [-0.25, -0.2) is 4.90 Å². The molecule has 5 heteroatoms. The van der Waals surface area contributed by atoms with Gasteiger partial charge in [0.15, 0.2) is 0 Å². The summed E-state index contributed by atoms with van der Waals surface area (Å²) in [5, 5.41) is 0. The number of carbonyl (C=O) groups is 2. The van der Waals surface area contributed by atoms with Gasteiger partial charge in [0.25, 0.3) is 11.8 Å². The Balaban J connectivity index is 1.85. The third kappa shape index (κ3) is 2.83. The SMILES string of the molecule is O=C1C=CC(=O)N1c1cccc(Oc2ccc(S)cc2)c1. The van der Waals surface area contributed by atoms with Gasteiger partial charge in [-0.15, -0.1) is 12.6 Å². The Bertz CT molecular complexity index is 719. The molecule has 3 rings (SSSR count). The predicted molar refractivity (Wildman–Crippen MR) is 81.8 cm³/mol. The van der Waals surface area contributed by atoms with Gasteiger partial charge >= 0.3 is 0 Å². The highest BCUT2D eigenvalue weighted by Gasteiger charge is 2.25. The van der Waals surface area contributed by atoms with E-state index in [1.165, 1.54) is 12.2 Å². The zero-order valence-corrected chi connectivity index (χ0v) is 11.8. The van der Waals surface area contributed by atoms with E-state index in [-0.39, 0.29) is 11.8 Å². The molecule has 1 aliphatic rings. The van der Waals surface area contributed by atoms with Gasteiger partial charge in [-0.1, -0.05) is 6.07 Å². The van der Waals surface area contributed by atoms with Crippen molar-refractivity contribution in [1.82, 2.24) is 0 Å². The predicted octanol–water partition coefficient (Wildman–Crippen LogP) is 3.20. The van der Waals surface area contributed by atoms with E-state index < -0.39 is 0 Å². The molecule has 0 aromatic heterocycles. The molecule has 0 N–H and O–H groups in total. The van der Waals surface area contributed by atoms with Gasteiger partial charge in [0.05, 0.1) is 5.69 Å². The molecule has 21 heavy (non-hydrogen) atoms. The summed E-state index contributed by atoms with van der Waals surface area (Å²) in [5.74, 6) is 0.502. The topological polar surface area (TPSA) is 46.6 Å². The Morgan fingerprint density at radius 3 is 2.19 bits per heavy atom. The summed E-state index contributed by atoms with van der Waals surface area (Å²) >= 11 is 4.21. The molecule has 4 nitrogen and oxygen atoms in total. The molecule has 0 spiro atoms. The van der Waals surface area contributed by atoms with Crippen molar-refractivity contribution in [2.75, 3.05) is 4.90 Å². The molecule has 2 amide bonds. The normalized spacial score (nSPS) is 13.9. The van der Waals surface area contributed by atoms with Crippen molar-refractivity contribution in [2.45, 2.75) is 4.90 Å². The first-order valence-corrected chi connectivity index (χ1v) is 6.71. The molecular weight excluding hydrogens is 286 g/mol. The first-order chi connectivity index (χ1) is 10.1. The lowest BCUT2D eigenvalue weighted by atomic mass is 10.2. The van der Waals surface area contributed by atoms with Crippen molar-refractivity contribution in [3.63, 3.8) is 0 Å². The van der Waals surface area contributed by atoms with Crippen LogP contribution in [0.3, 0.4) is 0 Å². The maximum absolute atomic E-state index is 11.7. The fraction of sp³-hybridized carbons (Fsp3) is 0. The van der Waals surface area contributed by atoms with Crippen molar-refractivity contribution in [2.24, 2.45) is 0 Å². The smallest absolute Gasteiger partial charge is 0.258 e. The second-order valence-corrected chi connectivity index (χ2v) is 4.95. The maximum Gasteiger partial charge on any atom is 0.258 e. The molecule has 1 aliphatic heterocycles. The summed E-state index contributed by atoms with van der Waals surface area (Å²) < 4.78 is 5.70. The lowest BCUT2D eigenvalue weighted by Crippen LogP contribution is -2.29. The Hall–Kier alpha value is -2.53. The van der Waals surface area contributed by atoms with Crippen molar-refractivity contribution >= 4 is 30.1 Å². The summed E-state index contributed by atoms with van der Waals surface area (Å²) in [6.07, 6.45) is 2.50. The van der Waals surface area contributed by atoms with Crippen LogP contribution in [-0.2, 0) is 9.59 Å². The van der Waals surface area contributed by atoms with Gasteiger partial charge < -0.3 is 4.74 Å². The first kappa shape index (κ1) is 13.5. The fourth-order valence-electron chi connectivity index (χ4n) is 1.99. The van der Waals surface area contributed by atoms with Crippen LogP contribution < -0.4 is 9.64 Å². The minimum atomic E-state index is -0.350. The van der Waals surface area contributed by atoms with Crippen LogP contribution >= 0.6 is 12.6 Å². The number of amides is 2. The molecule has 0 atom stereocenters. The van der Waals surface area contributed by atoms with Gasteiger partial charge in [-0.2, -0.15) is 0 Å². The van der Waals surface area contributed by atoms with Crippen LogP contribution in [0.5, 0.6) is 11.5 Å². The van der Waals surface area contributed by atoms with Crippen LogP contribution in [0.2, 0.25) is 0 Å². The molecule has 2 aromatic rings. The molecule has 1 heterocycles. The van der Waals surface area contributed by atoms with Crippen LogP contribution in [0.1, 0.15) is 0 Å². The molecule has 0 fully saturated rings. The molecule has 0 saturated carbocycles. The molecule has 0 unspecified atom stereocenters. The van der Waals surface area contributed by atoms with E-state index in [1.54, 1.807) is 36.4 Å². The van der Waals surface area contributed by atoms with E-state index in [1.807, 2.05) is 12.1 Å². The van der Waals surface area contributed by atoms with Gasteiger partial charge in [0.1, 0.15) is 11.5 Å². The van der Waals surface area contributed by atoms with Crippen LogP contribution in [0.15, 0.2) is 65.6 Å². The third-order valence-electron chi connectivity index (χ3n) is 2.96. The molecule has 0 bridgehead atoms. The Kier molecular flexibility index (Phi) is 3.50. The molecular formula is C16H11NO3S. The van der Waals surface area contributed by atoms with E-state index in [0.717, 1.165) is 9.80 Å². The van der Waals surface area contributed by atoms with Crippen LogP contribution in [0.4, 0.5) is 5.69 Å². The standard InChI is InChI=1S/C16H11NO3S/c18-15-8-9-16(19)17(15)11-2-1-3-13(10-11)20-12-4-6-14(21)7-5-12/h1-10,21H. The minimum absolute atomic E-state index is 0.350. The van der Waals surface area contributed by atoms with Crippen molar-refractivity contribution < 1.29 is 14.3 Å². The van der Waals surface area contributed by atoms with Crippen molar-refractivity contribution in [3.8, 4) is 11.5 Å². The van der Waals surface area contributed by atoms with E-state index in [0.29, 0.717) is 17.2 Å². The number of rotatable bonds is 3. The molecule has 0 saturated heterocycles. The number of hydrogen-bond acceptors (Lipinski definition) is 4. The third-order valence-corrected chi connectivity index (χ3v) is 3.26. The van der Waals surface area contributed by atoms with Crippen molar-refractivity contribution in [3.05, 3.63) is 60.7 Å². The molecule has 0 aliphatic carbocycles. The lowest BCUT2D eigenvalue weighted by molar-refractivity contribution is -0.119. The number of carbonyl (C=O) groups excluding carboxylic acids is 2. The van der Waals surface area contributed by atoms with E-state index in [4.69, 9.17) is 4.74 Å². The molecule has 2 aromatic carbocycles. The maximum atomic E-state index is 11.7. The number of thiol groups is 1. The summed E-state index contributed by atoms with van der Waals surface area (Å²) in [6.45, 7) is 0. The van der Waals surface area contributed by atoms with Gasteiger partial charge in [0.2, 0.25) is 0 Å². The highest BCUT2D eigenvalue weighted by atomic mass is 32.1. The number of imide groups is 1. The van der Waals surface area contributed by atoms with Gasteiger partial charge in [0, 0.05) is 23.1 Å². The number of nitrogens with zero attached hydrogens (tertiary/aromatic N) is 1. The Morgan fingerprint density at radius 2 is 1.52 bits per heavy atom. The summed E-state index contributed by atoms with van der Waals surface area (Å²) in [5.41, 5.74) is 0.485. The summed E-state index contributed by atoms with van der Waals surface area (Å²) in [4.78, 5) is 25.3. The van der Waals surface area contributed by atoms with E-state index in [2.05, 4.69) is 12.6 Å². The number of benzene rings is 2. The molecule has 104 valence electrons. The second-order valence-electron chi connectivity index (χ2n) is 4.44. The lowest BCUT2D eigenvalue weighted by Gasteiger charge is -2.15. The van der Waals surface area contributed by atoms with Crippen LogP contribution in [-0.4, -0.2) is 11.8 Å². The van der Waals surface area contributed by atoms with Gasteiger partial charge in [-0.3, -0.25) is 9.59 Å². The van der Waals surface area contributed by atoms with Crippen LogP contribution in [0, 0.1) is 0 Å². The highest BCUT2D eigenvalue weighted by Crippen LogP contribution is 2.28. The minimum Gasteiger partial charge on any atom is -0.457 e. The number of anilines is 1. The monoisotopic (exact) mass is 297 g/mol. The quantitative estimate of drug-likeness (QED) is 0.699. The Labute approximate surface area is 127 Å². The van der Waals surface area contributed by atoms with Crippen molar-refractivity contribution in [1.29, 1.82) is 0 Å².